The van der Waals surface area contributed by atoms with Gasteiger partial charge in [-0.25, -0.2) is 0 Å². The molecule has 0 aromatic carbocycles. The van der Waals surface area contributed by atoms with Crippen molar-refractivity contribution in [1.29, 1.82) is 0 Å². The van der Waals surface area contributed by atoms with Crippen LogP contribution in [0.2, 0.25) is 0 Å². The van der Waals surface area contributed by atoms with Crippen LogP contribution in [0.1, 0.15) is 40.5 Å². The van der Waals surface area contributed by atoms with Gasteiger partial charge in [-0.3, -0.25) is 4.79 Å². The molecular weight excluding hydrogens is 212 g/mol. The molecule has 5 heteroatoms. The molecule has 0 aromatic rings. The molecule has 0 fully saturated rings. The minimum Gasteiger partial charge on any atom is -0.463 e. The molecule has 0 aliphatic rings. The van der Waals surface area contributed by atoms with E-state index in [1.165, 1.54) is 13.8 Å². The van der Waals surface area contributed by atoms with Crippen LogP contribution >= 0.6 is 0 Å². The Hall–Kier alpha value is -0.940. The lowest BCUT2D eigenvalue weighted by atomic mass is 10.2. The first kappa shape index (κ1) is 17.5. The Morgan fingerprint density at radius 3 is 1.88 bits per heavy atom. The average molecular weight is 234 g/mol. The van der Waals surface area contributed by atoms with E-state index in [0.29, 0.717) is 0 Å². The lowest BCUT2D eigenvalue weighted by Gasteiger charge is -2.06. The maximum atomic E-state index is 10.8. The number of ether oxygens (including phenoxy) is 1. The number of rotatable bonds is 5. The highest BCUT2D eigenvalue weighted by molar-refractivity contribution is 5.80. The molecule has 0 radical (unpaired) electrons. The number of hydrogen-bond acceptors (Lipinski definition) is 5. The number of aliphatic hydroxyl groups excluding tert-OH is 2. The normalized spacial score (nSPS) is 11.4. The smallest absolute Gasteiger partial charge is 0.306 e. The van der Waals surface area contributed by atoms with Crippen molar-refractivity contribution in [2.45, 2.75) is 52.7 Å². The van der Waals surface area contributed by atoms with Gasteiger partial charge in [-0.1, -0.05) is 0 Å². The van der Waals surface area contributed by atoms with E-state index in [-0.39, 0.29) is 37.3 Å². The van der Waals surface area contributed by atoms with Gasteiger partial charge in [0, 0.05) is 6.42 Å². The SMILES string of the molecule is CC(=O)CCC(=O)OC(C)C.CC(O)CO. The van der Waals surface area contributed by atoms with Crippen LogP contribution < -0.4 is 0 Å². The van der Waals surface area contributed by atoms with Crippen LogP contribution in [0.25, 0.3) is 0 Å². The summed E-state index contributed by atoms with van der Waals surface area (Å²) in [7, 11) is 0. The van der Waals surface area contributed by atoms with Crippen LogP contribution in [-0.2, 0) is 14.3 Å². The highest BCUT2D eigenvalue weighted by Crippen LogP contribution is 1.97. The van der Waals surface area contributed by atoms with Crippen LogP contribution in [0.15, 0.2) is 0 Å². The Labute approximate surface area is 96.4 Å². The molecule has 0 saturated carbocycles. The van der Waals surface area contributed by atoms with Gasteiger partial charge >= 0.3 is 5.97 Å². The monoisotopic (exact) mass is 234 g/mol. The van der Waals surface area contributed by atoms with Gasteiger partial charge < -0.3 is 19.7 Å². The Morgan fingerprint density at radius 1 is 1.19 bits per heavy atom. The van der Waals surface area contributed by atoms with E-state index in [1.54, 1.807) is 13.8 Å². The second-order valence-corrected chi connectivity index (χ2v) is 3.77. The molecule has 0 heterocycles. The topological polar surface area (TPSA) is 83.8 Å². The zero-order chi connectivity index (χ0) is 13.1. The molecule has 96 valence electrons. The number of hydrogen-bond donors (Lipinski definition) is 2. The van der Waals surface area contributed by atoms with Crippen molar-refractivity contribution in [1.82, 2.24) is 0 Å². The summed E-state index contributed by atoms with van der Waals surface area (Å²) in [5, 5.41) is 16.0. The van der Waals surface area contributed by atoms with Crippen LogP contribution in [0.3, 0.4) is 0 Å². The Bertz CT molecular complexity index is 199. The Balaban J connectivity index is 0. The molecule has 1 atom stereocenters. The summed E-state index contributed by atoms with van der Waals surface area (Å²) in [6.45, 7) is 6.42. The van der Waals surface area contributed by atoms with Gasteiger partial charge in [-0.2, -0.15) is 0 Å². The van der Waals surface area contributed by atoms with Crippen LogP contribution in [0.4, 0.5) is 0 Å². The third-order valence-electron chi connectivity index (χ3n) is 1.31. The van der Waals surface area contributed by atoms with Crippen LogP contribution in [-0.4, -0.2) is 40.8 Å². The summed E-state index contributed by atoms with van der Waals surface area (Å²) in [6, 6.07) is 0. The maximum Gasteiger partial charge on any atom is 0.306 e. The number of carbonyl (C=O) groups excluding carboxylic acids is 2. The first-order valence-corrected chi connectivity index (χ1v) is 5.27. The van der Waals surface area contributed by atoms with Gasteiger partial charge in [0.05, 0.1) is 25.2 Å². The Morgan fingerprint density at radius 2 is 1.62 bits per heavy atom. The fourth-order valence-corrected chi connectivity index (χ4v) is 0.600. The predicted molar refractivity (Wildman–Crippen MR) is 59.9 cm³/mol. The average Bonchev–Trinajstić information content (AvgIpc) is 2.14. The molecule has 0 saturated heterocycles. The summed E-state index contributed by atoms with van der Waals surface area (Å²) in [6.07, 6.45) is -0.163. The molecule has 16 heavy (non-hydrogen) atoms. The molecule has 0 spiro atoms. The summed E-state index contributed by atoms with van der Waals surface area (Å²) in [5.41, 5.74) is 0. The standard InChI is InChI=1S/C8H14O3.C3H8O2/c1-6(2)11-8(10)5-4-7(3)9;1-3(5)2-4/h6H,4-5H2,1-3H3;3-5H,2H2,1H3. The first-order valence-electron chi connectivity index (χ1n) is 5.27. The first-order chi connectivity index (χ1) is 7.29. The van der Waals surface area contributed by atoms with Gasteiger partial charge in [0.25, 0.3) is 0 Å². The van der Waals surface area contributed by atoms with Crippen LogP contribution in [0.5, 0.6) is 0 Å². The number of Topliss-reactive ketones (excluding diaryl/α,β-unsaturated/α-hetero) is 1. The predicted octanol–water partition coefficient (Wildman–Crippen LogP) is 0.667. The van der Waals surface area contributed by atoms with Gasteiger partial charge in [0.2, 0.25) is 0 Å². The van der Waals surface area contributed by atoms with Gasteiger partial charge in [-0.05, 0) is 27.7 Å². The number of aliphatic hydroxyl groups is 2. The highest BCUT2D eigenvalue weighted by Gasteiger charge is 2.05. The summed E-state index contributed by atoms with van der Waals surface area (Å²) >= 11 is 0. The summed E-state index contributed by atoms with van der Waals surface area (Å²) < 4.78 is 4.81. The molecule has 0 amide bonds. The molecular formula is C11H22O5. The third kappa shape index (κ3) is 18.8. The fourth-order valence-electron chi connectivity index (χ4n) is 0.600. The van der Waals surface area contributed by atoms with Crippen molar-refractivity contribution in [3.8, 4) is 0 Å². The minimum atomic E-state index is -0.560. The minimum absolute atomic E-state index is 0.0192. The molecule has 0 aliphatic carbocycles. The molecule has 2 N–H and O–H groups in total. The molecule has 0 aromatic heterocycles. The van der Waals surface area contributed by atoms with Gasteiger partial charge in [-0.15, -0.1) is 0 Å². The van der Waals surface area contributed by atoms with E-state index in [2.05, 4.69) is 0 Å². The van der Waals surface area contributed by atoms with Gasteiger partial charge in [0.15, 0.2) is 0 Å². The van der Waals surface area contributed by atoms with E-state index >= 15 is 0 Å². The number of esters is 1. The lowest BCUT2D eigenvalue weighted by molar-refractivity contribution is -0.148. The zero-order valence-electron chi connectivity index (χ0n) is 10.4. The molecule has 5 nitrogen and oxygen atoms in total. The largest absolute Gasteiger partial charge is 0.463 e. The van der Waals surface area contributed by atoms with E-state index < -0.39 is 6.10 Å². The number of ketones is 1. The summed E-state index contributed by atoms with van der Waals surface area (Å²) in [4.78, 5) is 21.2. The quantitative estimate of drug-likeness (QED) is 0.683. The second-order valence-electron chi connectivity index (χ2n) is 3.77. The van der Waals surface area contributed by atoms with Crippen molar-refractivity contribution in [3.63, 3.8) is 0 Å². The lowest BCUT2D eigenvalue weighted by Crippen LogP contribution is -2.11. The van der Waals surface area contributed by atoms with Crippen molar-refractivity contribution < 1.29 is 24.5 Å². The van der Waals surface area contributed by atoms with Crippen molar-refractivity contribution >= 4 is 11.8 Å². The van der Waals surface area contributed by atoms with Crippen molar-refractivity contribution in [3.05, 3.63) is 0 Å². The number of carbonyl (C=O) groups is 2. The van der Waals surface area contributed by atoms with Crippen molar-refractivity contribution in [2.24, 2.45) is 0 Å². The maximum absolute atomic E-state index is 10.8. The summed E-state index contributed by atoms with van der Waals surface area (Å²) in [5.74, 6) is -0.277. The fraction of sp³-hybridized carbons (Fsp3) is 0.818. The van der Waals surface area contributed by atoms with E-state index in [4.69, 9.17) is 14.9 Å². The molecule has 1 unspecified atom stereocenters. The molecule has 0 bridgehead atoms. The second kappa shape index (κ2) is 10.6. The molecule has 0 aliphatic heterocycles. The zero-order valence-corrected chi connectivity index (χ0v) is 10.4. The molecule has 0 rings (SSSR count). The van der Waals surface area contributed by atoms with E-state index in [9.17, 15) is 9.59 Å². The van der Waals surface area contributed by atoms with E-state index in [0.717, 1.165) is 0 Å². The van der Waals surface area contributed by atoms with Crippen molar-refractivity contribution in [2.75, 3.05) is 6.61 Å². The highest BCUT2D eigenvalue weighted by atomic mass is 16.5. The van der Waals surface area contributed by atoms with Crippen LogP contribution in [0, 0.1) is 0 Å². The van der Waals surface area contributed by atoms with Gasteiger partial charge in [0.1, 0.15) is 5.78 Å². The Kier molecular flexibility index (Phi) is 11.5. The third-order valence-corrected chi connectivity index (χ3v) is 1.31. The van der Waals surface area contributed by atoms with E-state index in [1.807, 2.05) is 0 Å².